The largest absolute Gasteiger partial charge is 0.461 e. The maximum Gasteiger partial charge on any atom is 0.245 e. The van der Waals surface area contributed by atoms with Crippen molar-refractivity contribution in [2.24, 2.45) is 0 Å². The maximum atomic E-state index is 11.9. The van der Waals surface area contributed by atoms with Crippen LogP contribution in [-0.4, -0.2) is 55.8 Å². The van der Waals surface area contributed by atoms with Crippen LogP contribution in [0.4, 0.5) is 0 Å². The lowest BCUT2D eigenvalue weighted by atomic mass is 10.3. The van der Waals surface area contributed by atoms with Crippen molar-refractivity contribution in [3.8, 4) is 11.6 Å². The van der Waals surface area contributed by atoms with E-state index in [4.69, 9.17) is 4.42 Å². The van der Waals surface area contributed by atoms with Gasteiger partial charge in [0.2, 0.25) is 11.7 Å². The van der Waals surface area contributed by atoms with Crippen molar-refractivity contribution >= 4 is 5.91 Å². The molecule has 0 bridgehead atoms. The SMILES string of the molecule is CC(O)CCN(C)C(=O)Cn1nnc(-c2ccco2)n1. The minimum atomic E-state index is -0.430. The Balaban J connectivity index is 1.91. The Labute approximate surface area is 116 Å². The summed E-state index contributed by atoms with van der Waals surface area (Å²) in [6.07, 6.45) is 1.62. The van der Waals surface area contributed by atoms with Gasteiger partial charge in [-0.2, -0.15) is 4.80 Å². The number of amides is 1. The third kappa shape index (κ3) is 3.64. The second-order valence-corrected chi connectivity index (χ2v) is 4.57. The molecule has 8 heteroatoms. The number of rotatable bonds is 6. The van der Waals surface area contributed by atoms with Gasteiger partial charge in [0.1, 0.15) is 6.54 Å². The Morgan fingerprint density at radius 3 is 3.05 bits per heavy atom. The predicted molar refractivity (Wildman–Crippen MR) is 69.5 cm³/mol. The van der Waals surface area contributed by atoms with E-state index in [0.29, 0.717) is 24.6 Å². The summed E-state index contributed by atoms with van der Waals surface area (Å²) in [5.41, 5.74) is 0. The number of hydrogen-bond acceptors (Lipinski definition) is 6. The highest BCUT2D eigenvalue weighted by molar-refractivity contribution is 5.75. The molecule has 1 atom stereocenters. The number of aliphatic hydroxyl groups is 1. The molecule has 108 valence electrons. The highest BCUT2D eigenvalue weighted by Gasteiger charge is 2.14. The number of carbonyl (C=O) groups is 1. The lowest BCUT2D eigenvalue weighted by molar-refractivity contribution is -0.131. The molecule has 0 radical (unpaired) electrons. The summed E-state index contributed by atoms with van der Waals surface area (Å²) in [6, 6.07) is 3.45. The average molecular weight is 279 g/mol. The van der Waals surface area contributed by atoms with Gasteiger partial charge in [0, 0.05) is 13.6 Å². The second kappa shape index (κ2) is 6.29. The Kier molecular flexibility index (Phi) is 4.46. The maximum absolute atomic E-state index is 11.9. The van der Waals surface area contributed by atoms with Crippen LogP contribution in [0.5, 0.6) is 0 Å². The zero-order chi connectivity index (χ0) is 14.5. The number of hydrogen-bond donors (Lipinski definition) is 1. The molecular weight excluding hydrogens is 262 g/mol. The summed E-state index contributed by atoms with van der Waals surface area (Å²) in [7, 11) is 1.68. The van der Waals surface area contributed by atoms with Gasteiger partial charge in [0.15, 0.2) is 5.76 Å². The van der Waals surface area contributed by atoms with Gasteiger partial charge in [-0.15, -0.1) is 10.2 Å². The van der Waals surface area contributed by atoms with Crippen LogP contribution in [0.25, 0.3) is 11.6 Å². The highest BCUT2D eigenvalue weighted by Crippen LogP contribution is 2.12. The lowest BCUT2D eigenvalue weighted by Crippen LogP contribution is -2.33. The molecule has 0 aliphatic heterocycles. The molecule has 8 nitrogen and oxygen atoms in total. The molecule has 0 spiro atoms. The van der Waals surface area contributed by atoms with E-state index in [1.807, 2.05) is 0 Å². The first-order valence-corrected chi connectivity index (χ1v) is 6.30. The van der Waals surface area contributed by atoms with Gasteiger partial charge in [0.05, 0.1) is 12.4 Å². The van der Waals surface area contributed by atoms with Crippen LogP contribution >= 0.6 is 0 Å². The minimum absolute atomic E-state index is 0.00399. The van der Waals surface area contributed by atoms with Crippen LogP contribution in [0, 0.1) is 0 Å². The molecule has 2 aromatic heterocycles. The van der Waals surface area contributed by atoms with Gasteiger partial charge in [-0.1, -0.05) is 0 Å². The van der Waals surface area contributed by atoms with E-state index in [9.17, 15) is 9.90 Å². The zero-order valence-corrected chi connectivity index (χ0v) is 11.4. The molecule has 2 aromatic rings. The summed E-state index contributed by atoms with van der Waals surface area (Å²) in [6.45, 7) is 2.17. The fourth-order valence-electron chi connectivity index (χ4n) is 1.56. The van der Waals surface area contributed by atoms with Crippen molar-refractivity contribution in [2.75, 3.05) is 13.6 Å². The van der Waals surface area contributed by atoms with E-state index in [2.05, 4.69) is 15.4 Å². The van der Waals surface area contributed by atoms with Crippen LogP contribution < -0.4 is 0 Å². The number of likely N-dealkylation sites (N-methyl/N-ethyl adjacent to an activating group) is 1. The molecular formula is C12H17N5O3. The standard InChI is InChI=1S/C12H17N5O3/c1-9(18)5-6-16(2)11(19)8-17-14-12(13-15-17)10-4-3-7-20-10/h3-4,7,9,18H,5-6,8H2,1-2H3. The summed E-state index contributed by atoms with van der Waals surface area (Å²) in [4.78, 5) is 14.7. The highest BCUT2D eigenvalue weighted by atomic mass is 16.3. The van der Waals surface area contributed by atoms with Crippen LogP contribution in [0.1, 0.15) is 13.3 Å². The van der Waals surface area contributed by atoms with Crippen molar-refractivity contribution in [2.45, 2.75) is 26.0 Å². The van der Waals surface area contributed by atoms with Gasteiger partial charge >= 0.3 is 0 Å². The van der Waals surface area contributed by atoms with Crippen LogP contribution in [0.15, 0.2) is 22.8 Å². The Morgan fingerprint density at radius 2 is 2.40 bits per heavy atom. The number of aromatic nitrogens is 4. The Bertz CT molecular complexity index is 549. The Morgan fingerprint density at radius 1 is 1.60 bits per heavy atom. The third-order valence-corrected chi connectivity index (χ3v) is 2.78. The fraction of sp³-hybridized carbons (Fsp3) is 0.500. The number of carbonyl (C=O) groups excluding carboxylic acids is 1. The zero-order valence-electron chi connectivity index (χ0n) is 11.4. The van der Waals surface area contributed by atoms with Crippen LogP contribution in [0.2, 0.25) is 0 Å². The third-order valence-electron chi connectivity index (χ3n) is 2.78. The summed E-state index contributed by atoms with van der Waals surface area (Å²) in [5.74, 6) is 0.703. The predicted octanol–water partition coefficient (Wildman–Crippen LogP) is 0.162. The Hall–Kier alpha value is -2.22. The topological polar surface area (TPSA) is 97.3 Å². The molecule has 0 fully saturated rings. The van der Waals surface area contributed by atoms with E-state index in [1.54, 1.807) is 26.1 Å². The molecule has 0 aliphatic rings. The summed E-state index contributed by atoms with van der Waals surface area (Å²) in [5, 5.41) is 20.9. The van der Waals surface area contributed by atoms with Crippen molar-refractivity contribution in [3.05, 3.63) is 18.4 Å². The normalized spacial score (nSPS) is 12.3. The molecule has 0 saturated heterocycles. The molecule has 1 N–H and O–H groups in total. The monoisotopic (exact) mass is 279 g/mol. The summed E-state index contributed by atoms with van der Waals surface area (Å²) >= 11 is 0. The van der Waals surface area contributed by atoms with E-state index in [1.165, 1.54) is 16.0 Å². The van der Waals surface area contributed by atoms with E-state index in [0.717, 1.165) is 0 Å². The van der Waals surface area contributed by atoms with Gasteiger partial charge in [-0.05, 0) is 30.7 Å². The first kappa shape index (κ1) is 14.2. The van der Waals surface area contributed by atoms with Crippen molar-refractivity contribution in [3.63, 3.8) is 0 Å². The number of tetrazole rings is 1. The van der Waals surface area contributed by atoms with Gasteiger partial charge in [-0.3, -0.25) is 4.79 Å². The van der Waals surface area contributed by atoms with Crippen molar-refractivity contribution < 1.29 is 14.3 Å². The molecule has 0 saturated carbocycles. The van der Waals surface area contributed by atoms with Gasteiger partial charge in [-0.25, -0.2) is 0 Å². The summed E-state index contributed by atoms with van der Waals surface area (Å²) < 4.78 is 5.15. The minimum Gasteiger partial charge on any atom is -0.461 e. The molecule has 2 rings (SSSR count). The first-order chi connectivity index (χ1) is 9.56. The van der Waals surface area contributed by atoms with Gasteiger partial charge < -0.3 is 14.4 Å². The van der Waals surface area contributed by atoms with Crippen molar-refractivity contribution in [1.29, 1.82) is 0 Å². The molecule has 0 aromatic carbocycles. The molecule has 2 heterocycles. The van der Waals surface area contributed by atoms with E-state index < -0.39 is 6.10 Å². The van der Waals surface area contributed by atoms with Gasteiger partial charge in [0.25, 0.3) is 0 Å². The fourth-order valence-corrected chi connectivity index (χ4v) is 1.56. The number of aliphatic hydroxyl groups excluding tert-OH is 1. The first-order valence-electron chi connectivity index (χ1n) is 6.30. The molecule has 20 heavy (non-hydrogen) atoms. The van der Waals surface area contributed by atoms with E-state index >= 15 is 0 Å². The molecule has 1 unspecified atom stereocenters. The number of furan rings is 1. The van der Waals surface area contributed by atoms with Crippen LogP contribution in [0.3, 0.4) is 0 Å². The van der Waals surface area contributed by atoms with Crippen molar-refractivity contribution in [1.82, 2.24) is 25.1 Å². The smallest absolute Gasteiger partial charge is 0.245 e. The lowest BCUT2D eigenvalue weighted by Gasteiger charge is -2.17. The molecule has 0 aliphatic carbocycles. The molecule has 1 amide bonds. The second-order valence-electron chi connectivity index (χ2n) is 4.57. The quantitative estimate of drug-likeness (QED) is 0.809. The van der Waals surface area contributed by atoms with E-state index in [-0.39, 0.29) is 12.5 Å². The van der Waals surface area contributed by atoms with Crippen LogP contribution in [-0.2, 0) is 11.3 Å². The number of nitrogens with zero attached hydrogens (tertiary/aromatic N) is 5. The average Bonchev–Trinajstić information content (AvgIpc) is 3.05.